The standard InChI is InChI=1S/C23H24ClNO2S/c1-4-20(18-8-5-15(2)6-9-18)25-23(26)22-12-17(14-28-22)13-27-21-11-16(3)7-10-19(21)24/h5-12,14,20H,4,13H2,1-3H3,(H,25,26). The van der Waals surface area contributed by atoms with Gasteiger partial charge in [-0.15, -0.1) is 11.3 Å². The molecular weight excluding hydrogens is 390 g/mol. The van der Waals surface area contributed by atoms with Crippen molar-refractivity contribution in [3.8, 4) is 5.75 Å². The molecule has 5 heteroatoms. The normalized spacial score (nSPS) is 11.9. The Hall–Kier alpha value is -2.30. The topological polar surface area (TPSA) is 38.3 Å². The summed E-state index contributed by atoms with van der Waals surface area (Å²) in [5, 5.41) is 5.67. The minimum atomic E-state index is -0.0581. The average Bonchev–Trinajstić information content (AvgIpc) is 3.16. The Kier molecular flexibility index (Phi) is 6.76. The van der Waals surface area contributed by atoms with E-state index in [2.05, 4.69) is 43.4 Å². The molecule has 0 aliphatic rings. The molecule has 28 heavy (non-hydrogen) atoms. The van der Waals surface area contributed by atoms with Gasteiger partial charge in [0.05, 0.1) is 15.9 Å². The van der Waals surface area contributed by atoms with Crippen molar-refractivity contribution in [3.63, 3.8) is 0 Å². The van der Waals surface area contributed by atoms with Gasteiger partial charge in [-0.05, 0) is 55.0 Å². The van der Waals surface area contributed by atoms with E-state index in [0.717, 1.165) is 23.1 Å². The van der Waals surface area contributed by atoms with E-state index < -0.39 is 0 Å². The van der Waals surface area contributed by atoms with Gasteiger partial charge >= 0.3 is 0 Å². The van der Waals surface area contributed by atoms with E-state index in [1.807, 2.05) is 36.6 Å². The van der Waals surface area contributed by atoms with Gasteiger partial charge in [0.1, 0.15) is 12.4 Å². The predicted octanol–water partition coefficient (Wildman–Crippen LogP) is 6.48. The Labute approximate surface area is 175 Å². The summed E-state index contributed by atoms with van der Waals surface area (Å²) < 4.78 is 5.82. The summed E-state index contributed by atoms with van der Waals surface area (Å²) in [4.78, 5) is 13.4. The lowest BCUT2D eigenvalue weighted by Crippen LogP contribution is -2.27. The number of rotatable bonds is 7. The van der Waals surface area contributed by atoms with Crippen LogP contribution in [0.4, 0.5) is 0 Å². The Bertz CT molecular complexity index is 949. The second-order valence-electron chi connectivity index (χ2n) is 6.89. The van der Waals surface area contributed by atoms with Gasteiger partial charge in [-0.3, -0.25) is 4.79 Å². The van der Waals surface area contributed by atoms with Crippen LogP contribution in [0.25, 0.3) is 0 Å². The number of carbonyl (C=O) groups is 1. The van der Waals surface area contributed by atoms with Crippen molar-refractivity contribution in [3.05, 3.63) is 86.1 Å². The smallest absolute Gasteiger partial charge is 0.261 e. The number of hydrogen-bond acceptors (Lipinski definition) is 3. The first kappa shape index (κ1) is 20.4. The van der Waals surface area contributed by atoms with Crippen molar-refractivity contribution in [1.82, 2.24) is 5.32 Å². The van der Waals surface area contributed by atoms with Gasteiger partial charge in [0.2, 0.25) is 0 Å². The lowest BCUT2D eigenvalue weighted by Gasteiger charge is -2.17. The molecule has 3 aromatic rings. The number of nitrogens with one attached hydrogen (secondary N) is 1. The molecule has 146 valence electrons. The summed E-state index contributed by atoms with van der Waals surface area (Å²) in [6.07, 6.45) is 0.835. The van der Waals surface area contributed by atoms with Crippen LogP contribution >= 0.6 is 22.9 Å². The third-order valence-corrected chi connectivity index (χ3v) is 5.84. The summed E-state index contributed by atoms with van der Waals surface area (Å²) in [6, 6.07) is 15.9. The number of carbonyl (C=O) groups excluding carboxylic acids is 1. The molecule has 0 bridgehead atoms. The number of amides is 1. The maximum absolute atomic E-state index is 12.7. The summed E-state index contributed by atoms with van der Waals surface area (Å²) in [5.41, 5.74) is 4.37. The Morgan fingerprint density at radius 1 is 1.11 bits per heavy atom. The monoisotopic (exact) mass is 413 g/mol. The van der Waals surface area contributed by atoms with Gasteiger partial charge < -0.3 is 10.1 Å². The van der Waals surface area contributed by atoms with Gasteiger partial charge in [-0.1, -0.05) is 54.4 Å². The highest BCUT2D eigenvalue weighted by molar-refractivity contribution is 7.12. The molecule has 0 spiro atoms. The fourth-order valence-electron chi connectivity index (χ4n) is 2.90. The van der Waals surface area contributed by atoms with Crippen molar-refractivity contribution < 1.29 is 9.53 Å². The third kappa shape index (κ3) is 5.15. The molecule has 1 unspecified atom stereocenters. The van der Waals surface area contributed by atoms with Crippen LogP contribution in [0, 0.1) is 13.8 Å². The summed E-state index contributed by atoms with van der Waals surface area (Å²) >= 11 is 7.60. The predicted molar refractivity (Wildman–Crippen MR) is 117 cm³/mol. The number of ether oxygens (including phenoxy) is 1. The molecule has 0 saturated carbocycles. The van der Waals surface area contributed by atoms with Crippen molar-refractivity contribution in [2.75, 3.05) is 0 Å². The summed E-state index contributed by atoms with van der Waals surface area (Å²) in [6.45, 7) is 6.50. The van der Waals surface area contributed by atoms with Crippen LogP contribution < -0.4 is 10.1 Å². The molecule has 0 aliphatic carbocycles. The molecule has 3 nitrogen and oxygen atoms in total. The Morgan fingerprint density at radius 2 is 1.82 bits per heavy atom. The van der Waals surface area contributed by atoms with E-state index in [1.165, 1.54) is 16.9 Å². The lowest BCUT2D eigenvalue weighted by molar-refractivity contribution is 0.0939. The minimum absolute atomic E-state index is 0.000926. The number of aryl methyl sites for hydroxylation is 2. The molecule has 1 amide bonds. The Balaban J connectivity index is 1.63. The first-order valence-electron chi connectivity index (χ1n) is 9.30. The van der Waals surface area contributed by atoms with Crippen molar-refractivity contribution in [1.29, 1.82) is 0 Å². The summed E-state index contributed by atoms with van der Waals surface area (Å²) in [5.74, 6) is 0.599. The van der Waals surface area contributed by atoms with E-state index in [-0.39, 0.29) is 11.9 Å². The van der Waals surface area contributed by atoms with E-state index in [9.17, 15) is 4.79 Å². The quantitative estimate of drug-likeness (QED) is 0.481. The second kappa shape index (κ2) is 9.26. The van der Waals surface area contributed by atoms with Crippen LogP contribution in [0.5, 0.6) is 5.75 Å². The van der Waals surface area contributed by atoms with E-state index in [4.69, 9.17) is 16.3 Å². The third-order valence-electron chi connectivity index (χ3n) is 4.55. The first-order valence-corrected chi connectivity index (χ1v) is 10.6. The van der Waals surface area contributed by atoms with Crippen molar-refractivity contribution in [2.45, 2.75) is 39.8 Å². The van der Waals surface area contributed by atoms with Gasteiger partial charge in [-0.25, -0.2) is 0 Å². The van der Waals surface area contributed by atoms with Crippen LogP contribution in [0.3, 0.4) is 0 Å². The molecule has 0 fully saturated rings. The number of benzene rings is 2. The zero-order valence-corrected chi connectivity index (χ0v) is 17.9. The highest BCUT2D eigenvalue weighted by Gasteiger charge is 2.16. The largest absolute Gasteiger partial charge is 0.487 e. The molecule has 2 aromatic carbocycles. The second-order valence-corrected chi connectivity index (χ2v) is 8.21. The van der Waals surface area contributed by atoms with Crippen LogP contribution in [0.1, 0.15) is 51.3 Å². The SMILES string of the molecule is CCC(NC(=O)c1cc(COc2cc(C)ccc2Cl)cs1)c1ccc(C)cc1. The van der Waals surface area contributed by atoms with E-state index in [1.54, 1.807) is 0 Å². The number of hydrogen-bond donors (Lipinski definition) is 1. The molecule has 1 heterocycles. The van der Waals surface area contributed by atoms with Crippen molar-refractivity contribution in [2.24, 2.45) is 0 Å². The molecular formula is C23H24ClNO2S. The van der Waals surface area contributed by atoms with Crippen molar-refractivity contribution >= 4 is 28.8 Å². The van der Waals surface area contributed by atoms with Crippen LogP contribution in [0.2, 0.25) is 5.02 Å². The fourth-order valence-corrected chi connectivity index (χ4v) is 3.87. The lowest BCUT2D eigenvalue weighted by atomic mass is 10.0. The fraction of sp³-hybridized carbons (Fsp3) is 0.261. The average molecular weight is 414 g/mol. The highest BCUT2D eigenvalue weighted by atomic mass is 35.5. The van der Waals surface area contributed by atoms with E-state index >= 15 is 0 Å². The zero-order chi connectivity index (χ0) is 20.1. The summed E-state index contributed by atoms with van der Waals surface area (Å²) in [7, 11) is 0. The van der Waals surface area contributed by atoms with E-state index in [0.29, 0.717) is 22.3 Å². The molecule has 1 atom stereocenters. The molecule has 0 saturated heterocycles. The van der Waals surface area contributed by atoms with Gasteiger partial charge in [0, 0.05) is 5.56 Å². The number of thiophene rings is 1. The Morgan fingerprint density at radius 3 is 2.54 bits per heavy atom. The van der Waals surface area contributed by atoms with Gasteiger partial charge in [0.25, 0.3) is 5.91 Å². The van der Waals surface area contributed by atoms with Crippen LogP contribution in [-0.2, 0) is 6.61 Å². The van der Waals surface area contributed by atoms with Crippen LogP contribution in [-0.4, -0.2) is 5.91 Å². The molecule has 0 aliphatic heterocycles. The zero-order valence-electron chi connectivity index (χ0n) is 16.3. The first-order chi connectivity index (χ1) is 13.5. The minimum Gasteiger partial charge on any atom is -0.487 e. The van der Waals surface area contributed by atoms with Gasteiger partial charge in [0.15, 0.2) is 0 Å². The maximum atomic E-state index is 12.7. The number of halogens is 1. The molecule has 0 radical (unpaired) electrons. The molecule has 3 rings (SSSR count). The molecule has 1 N–H and O–H groups in total. The van der Waals surface area contributed by atoms with Crippen LogP contribution in [0.15, 0.2) is 53.9 Å². The molecule has 1 aromatic heterocycles. The van der Waals surface area contributed by atoms with Gasteiger partial charge in [-0.2, -0.15) is 0 Å². The highest BCUT2D eigenvalue weighted by Crippen LogP contribution is 2.27. The maximum Gasteiger partial charge on any atom is 0.261 e.